The molecule has 0 aliphatic carbocycles. The Balaban J connectivity index is 2.36. The third kappa shape index (κ3) is 3.42. The molecule has 0 spiro atoms. The molecule has 2 aromatic rings. The van der Waals surface area contributed by atoms with E-state index in [0.717, 1.165) is 23.4 Å². The second kappa shape index (κ2) is 6.92. The van der Waals surface area contributed by atoms with Gasteiger partial charge in [-0.2, -0.15) is 5.26 Å². The lowest BCUT2D eigenvalue weighted by atomic mass is 9.99. The van der Waals surface area contributed by atoms with Gasteiger partial charge >= 0.3 is 0 Å². The average molecular weight is 280 g/mol. The molecule has 2 rings (SSSR count). The maximum absolute atomic E-state index is 9.05. The van der Waals surface area contributed by atoms with E-state index in [1.165, 1.54) is 5.56 Å². The van der Waals surface area contributed by atoms with E-state index in [9.17, 15) is 0 Å². The summed E-state index contributed by atoms with van der Waals surface area (Å²) in [5.41, 5.74) is 3.88. The highest BCUT2D eigenvalue weighted by Crippen LogP contribution is 2.31. The van der Waals surface area contributed by atoms with Gasteiger partial charge in [-0.05, 0) is 42.8 Å². The monoisotopic (exact) mass is 280 g/mol. The molecular formula is C18H20N2O. The van der Waals surface area contributed by atoms with E-state index < -0.39 is 0 Å². The lowest BCUT2D eigenvalue weighted by Crippen LogP contribution is -2.17. The van der Waals surface area contributed by atoms with Crippen LogP contribution < -0.4 is 10.1 Å². The Morgan fingerprint density at radius 3 is 2.48 bits per heavy atom. The smallest absolute Gasteiger partial charge is 0.126 e. The number of rotatable bonds is 5. The van der Waals surface area contributed by atoms with Gasteiger partial charge in [-0.1, -0.05) is 31.2 Å². The minimum Gasteiger partial charge on any atom is -0.496 e. The number of ether oxygens (including phenoxy) is 1. The molecule has 0 saturated heterocycles. The van der Waals surface area contributed by atoms with Crippen LogP contribution in [-0.4, -0.2) is 13.7 Å². The summed E-state index contributed by atoms with van der Waals surface area (Å²) >= 11 is 0. The Bertz CT molecular complexity index is 641. The third-order valence-corrected chi connectivity index (χ3v) is 3.56. The zero-order valence-electron chi connectivity index (χ0n) is 12.7. The summed E-state index contributed by atoms with van der Waals surface area (Å²) in [6.45, 7) is 5.19. The zero-order chi connectivity index (χ0) is 15.2. The second-order valence-electron chi connectivity index (χ2n) is 4.93. The van der Waals surface area contributed by atoms with Gasteiger partial charge in [0.05, 0.1) is 18.7 Å². The predicted molar refractivity (Wildman–Crippen MR) is 85.2 cm³/mol. The van der Waals surface area contributed by atoms with Gasteiger partial charge in [0, 0.05) is 11.6 Å². The van der Waals surface area contributed by atoms with Crippen LogP contribution in [0.3, 0.4) is 0 Å². The lowest BCUT2D eigenvalue weighted by Gasteiger charge is -2.14. The van der Waals surface area contributed by atoms with Crippen molar-refractivity contribution in [3.8, 4) is 22.9 Å². The molecule has 1 atom stereocenters. The van der Waals surface area contributed by atoms with Gasteiger partial charge in [-0.3, -0.25) is 0 Å². The molecular weight excluding hydrogens is 260 g/mol. The van der Waals surface area contributed by atoms with Crippen LogP contribution in [0.1, 0.15) is 31.0 Å². The number of nitriles is 1. The maximum atomic E-state index is 9.05. The van der Waals surface area contributed by atoms with E-state index in [1.807, 2.05) is 12.1 Å². The van der Waals surface area contributed by atoms with Gasteiger partial charge in [0.1, 0.15) is 5.75 Å². The second-order valence-corrected chi connectivity index (χ2v) is 4.93. The molecule has 0 aromatic heterocycles. The Morgan fingerprint density at radius 2 is 1.90 bits per heavy atom. The highest BCUT2D eigenvalue weighted by molar-refractivity contribution is 5.72. The van der Waals surface area contributed by atoms with Crippen molar-refractivity contribution in [1.82, 2.24) is 5.32 Å². The van der Waals surface area contributed by atoms with Crippen LogP contribution >= 0.6 is 0 Å². The fourth-order valence-electron chi connectivity index (χ4n) is 2.38. The normalized spacial score (nSPS) is 11.7. The van der Waals surface area contributed by atoms with Crippen molar-refractivity contribution in [3.05, 3.63) is 53.6 Å². The van der Waals surface area contributed by atoms with Crippen molar-refractivity contribution in [2.24, 2.45) is 0 Å². The molecule has 108 valence electrons. The lowest BCUT2D eigenvalue weighted by molar-refractivity contribution is 0.416. The molecule has 0 radical (unpaired) electrons. The Morgan fingerprint density at radius 1 is 1.19 bits per heavy atom. The highest BCUT2D eigenvalue weighted by atomic mass is 16.5. The summed E-state index contributed by atoms with van der Waals surface area (Å²) in [6.07, 6.45) is 0. The minimum absolute atomic E-state index is 0.330. The quantitative estimate of drug-likeness (QED) is 0.903. The molecule has 1 N–H and O–H groups in total. The van der Waals surface area contributed by atoms with E-state index in [-0.39, 0.29) is 0 Å². The molecule has 21 heavy (non-hydrogen) atoms. The van der Waals surface area contributed by atoms with E-state index in [1.54, 1.807) is 13.2 Å². The van der Waals surface area contributed by atoms with Crippen LogP contribution in [0.4, 0.5) is 0 Å². The Kier molecular flexibility index (Phi) is 4.97. The van der Waals surface area contributed by atoms with E-state index in [0.29, 0.717) is 11.6 Å². The molecule has 0 heterocycles. The number of hydrogen-bond acceptors (Lipinski definition) is 3. The summed E-state index contributed by atoms with van der Waals surface area (Å²) in [5.74, 6) is 0.779. The van der Waals surface area contributed by atoms with Crippen LogP contribution in [0.2, 0.25) is 0 Å². The van der Waals surface area contributed by atoms with Crippen molar-refractivity contribution < 1.29 is 4.74 Å². The number of methoxy groups -OCH3 is 1. The zero-order valence-corrected chi connectivity index (χ0v) is 12.7. The van der Waals surface area contributed by atoms with Crippen molar-refractivity contribution in [2.75, 3.05) is 13.7 Å². The predicted octanol–water partition coefficient (Wildman–Crippen LogP) is 3.90. The van der Waals surface area contributed by atoms with E-state index in [2.05, 4.69) is 49.5 Å². The first kappa shape index (κ1) is 15.1. The topological polar surface area (TPSA) is 45.0 Å². The summed E-state index contributed by atoms with van der Waals surface area (Å²) < 4.78 is 5.39. The number of benzene rings is 2. The van der Waals surface area contributed by atoms with Gasteiger partial charge in [0.15, 0.2) is 0 Å². The molecule has 1 unspecified atom stereocenters. The van der Waals surface area contributed by atoms with E-state index >= 15 is 0 Å². The fraction of sp³-hybridized carbons (Fsp3) is 0.278. The number of nitrogens with one attached hydrogen (secondary N) is 1. The molecule has 0 aliphatic heterocycles. The van der Waals surface area contributed by atoms with Crippen LogP contribution in [0.15, 0.2) is 42.5 Å². The van der Waals surface area contributed by atoms with Gasteiger partial charge in [0.25, 0.3) is 0 Å². The van der Waals surface area contributed by atoms with Crippen LogP contribution in [0, 0.1) is 11.3 Å². The van der Waals surface area contributed by atoms with Gasteiger partial charge in [-0.25, -0.2) is 0 Å². The fourth-order valence-corrected chi connectivity index (χ4v) is 2.38. The summed E-state index contributed by atoms with van der Waals surface area (Å²) in [4.78, 5) is 0. The van der Waals surface area contributed by atoms with Crippen molar-refractivity contribution in [2.45, 2.75) is 19.9 Å². The van der Waals surface area contributed by atoms with Crippen LogP contribution in [0.5, 0.6) is 5.75 Å². The van der Waals surface area contributed by atoms with Crippen molar-refractivity contribution in [1.29, 1.82) is 5.26 Å². The first-order valence-corrected chi connectivity index (χ1v) is 7.11. The van der Waals surface area contributed by atoms with Crippen molar-refractivity contribution in [3.63, 3.8) is 0 Å². The van der Waals surface area contributed by atoms with Crippen molar-refractivity contribution >= 4 is 0 Å². The first-order chi connectivity index (χ1) is 10.2. The molecule has 0 aliphatic rings. The molecule has 0 fully saturated rings. The van der Waals surface area contributed by atoms with E-state index in [4.69, 9.17) is 10.00 Å². The standard InChI is InChI=1S/C18H20N2O/c1-4-20-13(2)15-6-8-16(9-7-15)17-11-14(12-19)5-10-18(17)21-3/h5-11,13,20H,4H2,1-3H3. The first-order valence-electron chi connectivity index (χ1n) is 7.11. The SMILES string of the molecule is CCNC(C)c1ccc(-c2cc(C#N)ccc2OC)cc1. The number of nitrogens with zero attached hydrogens (tertiary/aromatic N) is 1. The molecule has 2 aromatic carbocycles. The van der Waals surface area contributed by atoms with Gasteiger partial charge in [0.2, 0.25) is 0 Å². The summed E-state index contributed by atoms with van der Waals surface area (Å²) in [7, 11) is 1.65. The molecule has 0 bridgehead atoms. The number of hydrogen-bond donors (Lipinski definition) is 1. The minimum atomic E-state index is 0.330. The van der Waals surface area contributed by atoms with Crippen LogP contribution in [0.25, 0.3) is 11.1 Å². The molecule has 0 saturated carbocycles. The molecule has 3 heteroatoms. The summed E-state index contributed by atoms with van der Waals surface area (Å²) in [6, 6.07) is 16.3. The average Bonchev–Trinajstić information content (AvgIpc) is 2.54. The maximum Gasteiger partial charge on any atom is 0.126 e. The van der Waals surface area contributed by atoms with Gasteiger partial charge < -0.3 is 10.1 Å². The molecule has 3 nitrogen and oxygen atoms in total. The summed E-state index contributed by atoms with van der Waals surface area (Å²) in [5, 5.41) is 12.4. The Labute approximate surface area is 126 Å². The highest BCUT2D eigenvalue weighted by Gasteiger charge is 2.09. The third-order valence-electron chi connectivity index (χ3n) is 3.56. The molecule has 0 amide bonds. The van der Waals surface area contributed by atoms with Gasteiger partial charge in [-0.15, -0.1) is 0 Å². The van der Waals surface area contributed by atoms with Crippen LogP contribution in [-0.2, 0) is 0 Å². The Hall–Kier alpha value is -2.31. The largest absolute Gasteiger partial charge is 0.496 e.